The Labute approximate surface area is 193 Å². The van der Waals surface area contributed by atoms with Crippen molar-refractivity contribution in [2.24, 2.45) is 0 Å². The number of hydrogen-bond acceptors (Lipinski definition) is 7. The molecule has 1 unspecified atom stereocenters. The molecular weight excluding hydrogens is 440 g/mol. The van der Waals surface area contributed by atoms with Gasteiger partial charge in [0.2, 0.25) is 5.78 Å². The van der Waals surface area contributed by atoms with Crippen LogP contribution in [0.2, 0.25) is 0 Å². The molecule has 0 aliphatic carbocycles. The van der Waals surface area contributed by atoms with Crippen LogP contribution in [0.15, 0.2) is 94.0 Å². The van der Waals surface area contributed by atoms with Gasteiger partial charge in [-0.3, -0.25) is 14.5 Å². The number of nitrogens with zero attached hydrogens (tertiary/aromatic N) is 2. The number of anilines is 1. The Balaban J connectivity index is 1.61. The number of aryl methyl sites for hydroxylation is 1. The highest BCUT2D eigenvalue weighted by Gasteiger charge is 2.46. The summed E-state index contributed by atoms with van der Waals surface area (Å²) < 4.78 is 11.1. The lowest BCUT2D eigenvalue weighted by Gasteiger charge is -2.24. The Hall–Kier alpha value is -4.17. The summed E-state index contributed by atoms with van der Waals surface area (Å²) in [7, 11) is 0. The molecule has 0 saturated carbocycles. The number of aliphatic hydroxyl groups excluding tert-OH is 1. The van der Waals surface area contributed by atoms with Crippen molar-refractivity contribution in [3.05, 3.63) is 106 Å². The zero-order valence-corrected chi connectivity index (χ0v) is 18.3. The van der Waals surface area contributed by atoms with E-state index >= 15 is 0 Å². The van der Waals surface area contributed by atoms with E-state index in [2.05, 4.69) is 5.16 Å². The first-order valence-electron chi connectivity index (χ1n) is 10.1. The molecule has 5 rings (SSSR count). The molecule has 0 fully saturated rings. The van der Waals surface area contributed by atoms with E-state index in [9.17, 15) is 14.7 Å². The highest BCUT2D eigenvalue weighted by molar-refractivity contribution is 7.12. The molecule has 1 aliphatic heterocycles. The maximum atomic E-state index is 13.3. The Morgan fingerprint density at radius 3 is 2.55 bits per heavy atom. The summed E-state index contributed by atoms with van der Waals surface area (Å²) >= 11 is 1.24. The lowest BCUT2D eigenvalue weighted by Crippen LogP contribution is -2.31. The molecule has 2 aromatic carbocycles. The number of ether oxygens (including phenoxy) is 1. The first kappa shape index (κ1) is 20.7. The fraction of sp³-hybridized carbons (Fsp3) is 0.0800. The van der Waals surface area contributed by atoms with Crippen LogP contribution in [0.3, 0.4) is 0 Å². The molecule has 3 heterocycles. The largest absolute Gasteiger partial charge is 0.503 e. The third-order valence-electron chi connectivity index (χ3n) is 5.21. The minimum Gasteiger partial charge on any atom is -0.503 e. The van der Waals surface area contributed by atoms with E-state index in [4.69, 9.17) is 9.26 Å². The Bertz CT molecular complexity index is 1360. The Morgan fingerprint density at radius 2 is 1.85 bits per heavy atom. The number of benzene rings is 2. The van der Waals surface area contributed by atoms with Gasteiger partial charge in [0.25, 0.3) is 5.91 Å². The lowest BCUT2D eigenvalue weighted by molar-refractivity contribution is -0.117. The standard InChI is InChI=1S/C25H18N2O5S/c1-15-13-20(26-32-15)27-22(21(24(29)25(27)30)23(28)19-11-6-12-33-19)16-7-5-10-18(14-16)31-17-8-3-2-4-9-17/h2-14,22,29H,1H3. The van der Waals surface area contributed by atoms with Crippen LogP contribution < -0.4 is 9.64 Å². The van der Waals surface area contributed by atoms with Crippen LogP contribution in [-0.4, -0.2) is 22.0 Å². The third-order valence-corrected chi connectivity index (χ3v) is 6.08. The van der Waals surface area contributed by atoms with Crippen LogP contribution in [0.1, 0.15) is 27.0 Å². The van der Waals surface area contributed by atoms with Crippen molar-refractivity contribution >= 4 is 28.8 Å². The smallest absolute Gasteiger partial charge is 0.295 e. The van der Waals surface area contributed by atoms with E-state index in [-0.39, 0.29) is 11.4 Å². The minimum absolute atomic E-state index is 0.0139. The number of carbonyl (C=O) groups is 2. The molecule has 8 heteroatoms. The third kappa shape index (κ3) is 3.81. The van der Waals surface area contributed by atoms with Crippen molar-refractivity contribution in [1.82, 2.24) is 5.16 Å². The van der Waals surface area contributed by atoms with Crippen molar-refractivity contribution in [2.45, 2.75) is 13.0 Å². The van der Waals surface area contributed by atoms with Crippen molar-refractivity contribution in [3.63, 3.8) is 0 Å². The van der Waals surface area contributed by atoms with Gasteiger partial charge in [-0.15, -0.1) is 11.3 Å². The van der Waals surface area contributed by atoms with Gasteiger partial charge in [0.15, 0.2) is 11.6 Å². The molecular formula is C25H18N2O5S. The molecule has 7 nitrogen and oxygen atoms in total. The fourth-order valence-corrected chi connectivity index (χ4v) is 4.45. The monoisotopic (exact) mass is 458 g/mol. The average molecular weight is 458 g/mol. The highest BCUT2D eigenvalue weighted by atomic mass is 32.1. The molecule has 1 aliphatic rings. The molecule has 4 aromatic rings. The second kappa shape index (κ2) is 8.40. The lowest BCUT2D eigenvalue weighted by atomic mass is 9.95. The summed E-state index contributed by atoms with van der Waals surface area (Å²) in [6.07, 6.45) is 0. The first-order chi connectivity index (χ1) is 16.0. The summed E-state index contributed by atoms with van der Waals surface area (Å²) in [5.74, 6) is 0.132. The number of aromatic nitrogens is 1. The van der Waals surface area contributed by atoms with Crippen LogP contribution in [0.4, 0.5) is 5.82 Å². The van der Waals surface area contributed by atoms with Crippen LogP contribution in [0.5, 0.6) is 11.5 Å². The summed E-state index contributed by atoms with van der Waals surface area (Å²) in [6.45, 7) is 1.70. The molecule has 2 aromatic heterocycles. The van der Waals surface area contributed by atoms with Gasteiger partial charge < -0.3 is 14.4 Å². The predicted octanol–water partition coefficient (Wildman–Crippen LogP) is 5.62. The van der Waals surface area contributed by atoms with Crippen LogP contribution in [0.25, 0.3) is 0 Å². The number of rotatable bonds is 6. The van der Waals surface area contributed by atoms with E-state index in [1.54, 1.807) is 54.8 Å². The number of ketones is 1. The maximum Gasteiger partial charge on any atom is 0.295 e. The van der Waals surface area contributed by atoms with Crippen molar-refractivity contribution in [3.8, 4) is 11.5 Å². The molecule has 33 heavy (non-hydrogen) atoms. The summed E-state index contributed by atoms with van der Waals surface area (Å²) in [6, 6.07) is 20.4. The second-order valence-corrected chi connectivity index (χ2v) is 8.38. The summed E-state index contributed by atoms with van der Waals surface area (Å²) in [4.78, 5) is 28.2. The van der Waals surface area contributed by atoms with Crippen molar-refractivity contribution in [1.29, 1.82) is 0 Å². The number of carbonyl (C=O) groups excluding carboxylic acids is 2. The topological polar surface area (TPSA) is 92.9 Å². The zero-order chi connectivity index (χ0) is 22.9. The van der Waals surface area contributed by atoms with Gasteiger partial charge in [0, 0.05) is 6.07 Å². The van der Waals surface area contributed by atoms with Gasteiger partial charge in [-0.25, -0.2) is 0 Å². The normalized spacial score (nSPS) is 15.8. The highest BCUT2D eigenvalue weighted by Crippen LogP contribution is 2.43. The van der Waals surface area contributed by atoms with E-state index in [1.165, 1.54) is 16.2 Å². The quantitative estimate of drug-likeness (QED) is 0.377. The molecule has 164 valence electrons. The van der Waals surface area contributed by atoms with Crippen LogP contribution >= 0.6 is 11.3 Å². The molecule has 0 saturated heterocycles. The van der Waals surface area contributed by atoms with E-state index in [0.717, 1.165) is 0 Å². The second-order valence-electron chi connectivity index (χ2n) is 7.43. The van der Waals surface area contributed by atoms with E-state index < -0.39 is 23.5 Å². The molecule has 0 bridgehead atoms. The summed E-state index contributed by atoms with van der Waals surface area (Å²) in [5, 5.41) is 16.5. The van der Waals surface area contributed by atoms with E-state index in [1.807, 2.05) is 30.3 Å². The van der Waals surface area contributed by atoms with Crippen molar-refractivity contribution < 1.29 is 24.0 Å². The van der Waals surface area contributed by atoms with Gasteiger partial charge in [0.1, 0.15) is 17.3 Å². The maximum absolute atomic E-state index is 13.3. The Kier molecular flexibility index (Phi) is 5.27. The molecule has 1 N–H and O–H groups in total. The molecule has 1 amide bonds. The summed E-state index contributed by atoms with van der Waals surface area (Å²) in [5.41, 5.74) is 0.571. The molecule has 0 spiro atoms. The number of hydrogen-bond donors (Lipinski definition) is 1. The molecule has 1 atom stereocenters. The number of thiophene rings is 1. The average Bonchev–Trinajstić information content (AvgIpc) is 3.55. The first-order valence-corrected chi connectivity index (χ1v) is 11.0. The van der Waals surface area contributed by atoms with E-state index in [0.29, 0.717) is 27.7 Å². The van der Waals surface area contributed by atoms with Gasteiger partial charge in [0.05, 0.1) is 16.5 Å². The van der Waals surface area contributed by atoms with Crippen molar-refractivity contribution in [2.75, 3.05) is 4.90 Å². The predicted molar refractivity (Wildman–Crippen MR) is 123 cm³/mol. The fourth-order valence-electron chi connectivity index (χ4n) is 3.77. The van der Waals surface area contributed by atoms with Gasteiger partial charge in [-0.1, -0.05) is 41.6 Å². The minimum atomic E-state index is -0.907. The van der Waals surface area contributed by atoms with Gasteiger partial charge in [-0.2, -0.15) is 0 Å². The zero-order valence-electron chi connectivity index (χ0n) is 17.5. The molecule has 0 radical (unpaired) electrons. The Morgan fingerprint density at radius 1 is 1.06 bits per heavy atom. The van der Waals surface area contributed by atoms with Gasteiger partial charge in [-0.05, 0) is 48.2 Å². The SMILES string of the molecule is Cc1cc(N2C(=O)C(O)=C(C(=O)c3cccs3)C2c2cccc(Oc3ccccc3)c2)no1. The number of para-hydroxylation sites is 1. The number of aliphatic hydroxyl groups is 1. The van der Waals surface area contributed by atoms with Gasteiger partial charge >= 0.3 is 0 Å². The van der Waals surface area contributed by atoms with Crippen LogP contribution in [-0.2, 0) is 4.79 Å². The number of Topliss-reactive ketones (excluding diaryl/α,β-unsaturated/α-hetero) is 1. The van der Waals surface area contributed by atoms with Crippen LogP contribution in [0, 0.1) is 6.92 Å². The number of amides is 1.